The summed E-state index contributed by atoms with van der Waals surface area (Å²) in [4.78, 5) is 12.1. The van der Waals surface area contributed by atoms with E-state index in [0.717, 1.165) is 27.5 Å². The van der Waals surface area contributed by atoms with Crippen LogP contribution in [0.4, 0.5) is 0 Å². The van der Waals surface area contributed by atoms with Gasteiger partial charge in [-0.2, -0.15) is 11.8 Å². The van der Waals surface area contributed by atoms with Gasteiger partial charge in [0.05, 0.1) is 12.6 Å². The summed E-state index contributed by atoms with van der Waals surface area (Å²) < 4.78 is 2.90. The summed E-state index contributed by atoms with van der Waals surface area (Å²) in [5, 5.41) is 13.3. The number of carbonyl (C=O) groups is 1. The van der Waals surface area contributed by atoms with Gasteiger partial charge >= 0.3 is 0 Å². The fraction of sp³-hybridized carbons (Fsp3) is 0.400. The first-order valence-electron chi connectivity index (χ1n) is 6.77. The van der Waals surface area contributed by atoms with Gasteiger partial charge in [-0.25, -0.2) is 0 Å². The third kappa shape index (κ3) is 4.49. The van der Waals surface area contributed by atoms with Crippen molar-refractivity contribution >= 4 is 44.5 Å². The normalized spacial score (nSPS) is 12.5. The van der Waals surface area contributed by atoms with Crippen molar-refractivity contribution in [3.63, 3.8) is 0 Å². The van der Waals surface area contributed by atoms with Crippen LogP contribution in [0, 0.1) is 0 Å². The fourth-order valence-electron chi connectivity index (χ4n) is 2.19. The van der Waals surface area contributed by atoms with Crippen molar-refractivity contribution in [3.05, 3.63) is 34.9 Å². The van der Waals surface area contributed by atoms with Crippen LogP contribution < -0.4 is 5.32 Å². The first-order valence-corrected chi connectivity index (χ1v) is 8.96. The number of aliphatic hydroxyl groups is 1. The minimum atomic E-state index is -0.168. The number of hydrogen-bond donors (Lipinski definition) is 2. The molecule has 0 fully saturated rings. The molecule has 0 spiro atoms. The number of nitrogens with zero attached hydrogens (tertiary/aromatic N) is 1. The minimum absolute atomic E-state index is 0.0235. The number of fused-ring (bicyclic) bond motifs is 1. The number of benzene rings is 1. The Labute approximate surface area is 137 Å². The molecule has 2 rings (SSSR count). The predicted octanol–water partition coefficient (Wildman–Crippen LogP) is 2.63. The maximum atomic E-state index is 12.1. The highest BCUT2D eigenvalue weighted by Gasteiger charge is 2.12. The maximum Gasteiger partial charge on any atom is 0.240 e. The molecule has 114 valence electrons. The van der Waals surface area contributed by atoms with E-state index in [0.29, 0.717) is 0 Å². The number of aromatic nitrogens is 1. The second-order valence-corrected chi connectivity index (χ2v) is 6.78. The summed E-state index contributed by atoms with van der Waals surface area (Å²) in [6, 6.07) is 7.82. The molecule has 4 nitrogen and oxygen atoms in total. The largest absolute Gasteiger partial charge is 0.394 e. The van der Waals surface area contributed by atoms with Crippen molar-refractivity contribution in [2.75, 3.05) is 18.6 Å². The highest BCUT2D eigenvalue weighted by Crippen LogP contribution is 2.20. The molecule has 0 saturated heterocycles. The summed E-state index contributed by atoms with van der Waals surface area (Å²) >= 11 is 5.16. The Morgan fingerprint density at radius 2 is 2.29 bits per heavy atom. The average Bonchev–Trinajstić information content (AvgIpc) is 2.85. The van der Waals surface area contributed by atoms with E-state index in [4.69, 9.17) is 0 Å². The van der Waals surface area contributed by atoms with E-state index in [1.807, 2.05) is 41.3 Å². The fourth-order valence-corrected chi connectivity index (χ4v) is 3.06. The predicted molar refractivity (Wildman–Crippen MR) is 91.7 cm³/mol. The molecule has 1 heterocycles. The number of rotatable bonds is 7. The van der Waals surface area contributed by atoms with Crippen LogP contribution in [0.1, 0.15) is 6.42 Å². The highest BCUT2D eigenvalue weighted by molar-refractivity contribution is 9.10. The standard InChI is InChI=1S/C15H19BrN2O2S/c1-21-7-5-13(10-19)17-15(20)9-18-6-4-11-2-3-12(16)8-14(11)18/h2-4,6,8,13,19H,5,7,9-10H2,1H3,(H,17,20). The summed E-state index contributed by atoms with van der Waals surface area (Å²) in [5.74, 6) is 0.845. The molecule has 2 aromatic rings. The number of hydrogen-bond acceptors (Lipinski definition) is 3. The van der Waals surface area contributed by atoms with Crippen molar-refractivity contribution in [2.45, 2.75) is 19.0 Å². The number of halogens is 1. The summed E-state index contributed by atoms with van der Waals surface area (Å²) in [6.07, 6.45) is 4.70. The van der Waals surface area contributed by atoms with Crippen LogP contribution in [-0.2, 0) is 11.3 Å². The van der Waals surface area contributed by atoms with Crippen molar-refractivity contribution < 1.29 is 9.90 Å². The Kier molecular flexibility index (Phi) is 6.14. The van der Waals surface area contributed by atoms with Crippen LogP contribution in [0.3, 0.4) is 0 Å². The maximum absolute atomic E-state index is 12.1. The van der Waals surface area contributed by atoms with Crippen LogP contribution in [0.25, 0.3) is 10.9 Å². The Bertz CT molecular complexity index is 615. The van der Waals surface area contributed by atoms with Gasteiger partial charge in [0.15, 0.2) is 0 Å². The summed E-state index contributed by atoms with van der Waals surface area (Å²) in [7, 11) is 0. The van der Waals surface area contributed by atoms with Crippen molar-refractivity contribution in [2.24, 2.45) is 0 Å². The van der Waals surface area contributed by atoms with Gasteiger partial charge in [0, 0.05) is 16.2 Å². The second-order valence-electron chi connectivity index (χ2n) is 4.88. The van der Waals surface area contributed by atoms with Crippen LogP contribution >= 0.6 is 27.7 Å². The summed E-state index contributed by atoms with van der Waals surface area (Å²) in [6.45, 7) is 0.236. The van der Waals surface area contributed by atoms with Crippen molar-refractivity contribution in [1.82, 2.24) is 9.88 Å². The van der Waals surface area contributed by atoms with Crippen molar-refractivity contribution in [1.29, 1.82) is 0 Å². The zero-order valence-corrected chi connectivity index (χ0v) is 14.3. The minimum Gasteiger partial charge on any atom is -0.394 e. The smallest absolute Gasteiger partial charge is 0.240 e. The molecule has 0 aliphatic carbocycles. The van der Waals surface area contributed by atoms with Crippen LogP contribution in [-0.4, -0.2) is 40.2 Å². The van der Waals surface area contributed by atoms with Gasteiger partial charge in [-0.05, 0) is 42.0 Å². The van der Waals surface area contributed by atoms with E-state index in [1.165, 1.54) is 0 Å². The average molecular weight is 371 g/mol. The van der Waals surface area contributed by atoms with E-state index in [2.05, 4.69) is 21.2 Å². The molecular formula is C15H19BrN2O2S. The number of amides is 1. The van der Waals surface area contributed by atoms with Gasteiger partial charge in [-0.15, -0.1) is 0 Å². The molecule has 1 amide bonds. The Hall–Kier alpha value is -0.980. The zero-order chi connectivity index (χ0) is 15.2. The van der Waals surface area contributed by atoms with E-state index in [1.54, 1.807) is 11.8 Å². The van der Waals surface area contributed by atoms with Gasteiger partial charge in [0.1, 0.15) is 6.54 Å². The molecule has 6 heteroatoms. The Balaban J connectivity index is 2.02. The topological polar surface area (TPSA) is 54.3 Å². The Morgan fingerprint density at radius 1 is 1.48 bits per heavy atom. The lowest BCUT2D eigenvalue weighted by molar-refractivity contribution is -0.122. The monoisotopic (exact) mass is 370 g/mol. The van der Waals surface area contributed by atoms with Crippen LogP contribution in [0.5, 0.6) is 0 Å². The number of thioether (sulfide) groups is 1. The third-order valence-electron chi connectivity index (χ3n) is 3.31. The Morgan fingerprint density at radius 3 is 3.00 bits per heavy atom. The molecule has 1 aromatic carbocycles. The molecule has 0 bridgehead atoms. The summed E-state index contributed by atoms with van der Waals surface area (Å²) in [5.41, 5.74) is 1.02. The van der Waals surface area contributed by atoms with E-state index in [-0.39, 0.29) is 25.1 Å². The van der Waals surface area contributed by atoms with Gasteiger partial charge in [0.25, 0.3) is 0 Å². The first-order chi connectivity index (χ1) is 10.1. The van der Waals surface area contributed by atoms with Gasteiger partial charge in [-0.3, -0.25) is 4.79 Å². The van der Waals surface area contributed by atoms with E-state index >= 15 is 0 Å². The molecular weight excluding hydrogens is 352 g/mol. The van der Waals surface area contributed by atoms with Gasteiger partial charge < -0.3 is 15.0 Å². The number of carbonyl (C=O) groups excluding carboxylic acids is 1. The third-order valence-corrected chi connectivity index (χ3v) is 4.44. The molecule has 1 unspecified atom stereocenters. The molecule has 2 N–H and O–H groups in total. The lowest BCUT2D eigenvalue weighted by Gasteiger charge is -2.16. The lowest BCUT2D eigenvalue weighted by Crippen LogP contribution is -2.39. The highest BCUT2D eigenvalue weighted by atomic mass is 79.9. The SMILES string of the molecule is CSCCC(CO)NC(=O)Cn1ccc2ccc(Br)cc21. The second kappa shape index (κ2) is 7.87. The molecule has 0 saturated carbocycles. The lowest BCUT2D eigenvalue weighted by atomic mass is 10.2. The quantitative estimate of drug-likeness (QED) is 0.787. The van der Waals surface area contributed by atoms with Crippen LogP contribution in [0.2, 0.25) is 0 Å². The first kappa shape index (κ1) is 16.4. The van der Waals surface area contributed by atoms with E-state index in [9.17, 15) is 9.90 Å². The van der Waals surface area contributed by atoms with Gasteiger partial charge in [-0.1, -0.05) is 22.0 Å². The number of aliphatic hydroxyl groups excluding tert-OH is 1. The van der Waals surface area contributed by atoms with Crippen molar-refractivity contribution in [3.8, 4) is 0 Å². The van der Waals surface area contributed by atoms with Crippen LogP contribution in [0.15, 0.2) is 34.9 Å². The molecule has 0 radical (unpaired) electrons. The molecule has 1 atom stereocenters. The molecule has 0 aliphatic rings. The molecule has 0 aliphatic heterocycles. The van der Waals surface area contributed by atoms with Gasteiger partial charge in [0.2, 0.25) is 5.91 Å². The number of nitrogens with one attached hydrogen (secondary N) is 1. The molecule has 21 heavy (non-hydrogen) atoms. The van der Waals surface area contributed by atoms with E-state index < -0.39 is 0 Å². The molecule has 1 aromatic heterocycles. The zero-order valence-electron chi connectivity index (χ0n) is 11.9.